The van der Waals surface area contributed by atoms with Crippen LogP contribution in [0, 0.1) is 0 Å². The molecule has 1 aromatic rings. The Kier molecular flexibility index (Phi) is 7.83. The molecule has 1 aliphatic heterocycles. The number of hydrogen-bond acceptors (Lipinski definition) is 5. The molecule has 0 aromatic heterocycles. The average Bonchev–Trinajstić information content (AvgIpc) is 2.61. The van der Waals surface area contributed by atoms with Crippen molar-refractivity contribution >= 4 is 15.9 Å². The smallest absolute Gasteiger partial charge is 0.221 e. The molecule has 0 aliphatic carbocycles. The van der Waals surface area contributed by atoms with E-state index in [-0.39, 0.29) is 37.3 Å². The van der Waals surface area contributed by atoms with Gasteiger partial charge in [-0.3, -0.25) is 4.79 Å². The van der Waals surface area contributed by atoms with Crippen LogP contribution in [0.15, 0.2) is 30.3 Å². The molecule has 1 heterocycles. The highest BCUT2D eigenvalue weighted by Gasteiger charge is 2.18. The Bertz CT molecular complexity index is 631. The zero-order chi connectivity index (χ0) is 18.1. The summed E-state index contributed by atoms with van der Waals surface area (Å²) in [7, 11) is -3.43. The molecule has 2 rings (SSSR count). The Morgan fingerprint density at radius 1 is 1.28 bits per heavy atom. The van der Waals surface area contributed by atoms with Crippen molar-refractivity contribution in [3.63, 3.8) is 0 Å². The Morgan fingerprint density at radius 3 is 2.72 bits per heavy atom. The average molecular weight is 369 g/mol. The number of nitrogens with one attached hydrogen (secondary N) is 2. The molecule has 2 unspecified atom stereocenters. The van der Waals surface area contributed by atoms with Gasteiger partial charge in [0.15, 0.2) is 0 Å². The maximum atomic E-state index is 12.0. The lowest BCUT2D eigenvalue weighted by Crippen LogP contribution is -2.39. The molecule has 140 valence electrons. The quantitative estimate of drug-likeness (QED) is 0.593. The van der Waals surface area contributed by atoms with Crippen LogP contribution in [0.4, 0.5) is 0 Å². The molecular weight excluding hydrogens is 342 g/mol. The van der Waals surface area contributed by atoms with Crippen LogP contribution in [0.3, 0.4) is 0 Å². The van der Waals surface area contributed by atoms with E-state index in [9.17, 15) is 13.2 Å². The fraction of sp³-hybridized carbons (Fsp3) is 0.588. The van der Waals surface area contributed by atoms with Crippen molar-refractivity contribution in [2.45, 2.75) is 37.8 Å². The van der Waals surface area contributed by atoms with Crippen LogP contribution in [-0.4, -0.2) is 45.9 Å². The largest absolute Gasteiger partial charge is 0.377 e. The second kappa shape index (κ2) is 9.86. The molecular formula is C17H27N3O4S. The number of benzene rings is 1. The number of carbonyl (C=O) groups excluding carboxylic acids is 1. The fourth-order valence-corrected chi connectivity index (χ4v) is 3.63. The van der Waals surface area contributed by atoms with Gasteiger partial charge in [-0.05, 0) is 24.8 Å². The number of sulfonamides is 1. The van der Waals surface area contributed by atoms with Crippen molar-refractivity contribution in [1.29, 1.82) is 0 Å². The van der Waals surface area contributed by atoms with Crippen LogP contribution < -0.4 is 15.8 Å². The Morgan fingerprint density at radius 2 is 2.04 bits per heavy atom. The van der Waals surface area contributed by atoms with E-state index in [1.54, 1.807) is 0 Å². The number of hydrogen-bond donors (Lipinski definition) is 3. The van der Waals surface area contributed by atoms with Crippen molar-refractivity contribution in [1.82, 2.24) is 10.0 Å². The van der Waals surface area contributed by atoms with Crippen molar-refractivity contribution in [3.8, 4) is 0 Å². The van der Waals surface area contributed by atoms with E-state index in [0.29, 0.717) is 6.61 Å². The number of carbonyl (C=O) groups is 1. The minimum Gasteiger partial charge on any atom is -0.377 e. The van der Waals surface area contributed by atoms with E-state index in [2.05, 4.69) is 10.0 Å². The third kappa shape index (κ3) is 7.52. The second-order valence-electron chi connectivity index (χ2n) is 6.23. The molecule has 1 fully saturated rings. The fourth-order valence-electron chi connectivity index (χ4n) is 2.68. The molecule has 0 bridgehead atoms. The summed E-state index contributed by atoms with van der Waals surface area (Å²) in [5, 5.41) is 2.61. The van der Waals surface area contributed by atoms with E-state index < -0.39 is 16.1 Å². The predicted molar refractivity (Wildman–Crippen MR) is 96.4 cm³/mol. The third-order valence-electron chi connectivity index (χ3n) is 4.13. The van der Waals surface area contributed by atoms with Gasteiger partial charge in [0.25, 0.3) is 0 Å². The normalized spacial score (nSPS) is 19.3. The molecule has 25 heavy (non-hydrogen) atoms. The van der Waals surface area contributed by atoms with Crippen LogP contribution in [0.1, 0.15) is 37.3 Å². The molecule has 0 radical (unpaired) electrons. The summed E-state index contributed by atoms with van der Waals surface area (Å²) in [5.41, 5.74) is 6.85. The van der Waals surface area contributed by atoms with Gasteiger partial charge in [0.05, 0.1) is 11.9 Å². The molecule has 0 saturated carbocycles. The number of amides is 1. The molecule has 1 saturated heterocycles. The highest BCUT2D eigenvalue weighted by molar-refractivity contribution is 7.89. The summed E-state index contributed by atoms with van der Waals surface area (Å²) in [5.74, 6) is -0.423. The molecule has 1 aliphatic rings. The van der Waals surface area contributed by atoms with Crippen LogP contribution in [0.5, 0.6) is 0 Å². The molecule has 8 heteroatoms. The maximum absolute atomic E-state index is 12.0. The Balaban J connectivity index is 1.65. The van der Waals surface area contributed by atoms with Crippen LogP contribution >= 0.6 is 0 Å². The summed E-state index contributed by atoms with van der Waals surface area (Å²) in [4.78, 5) is 11.9. The SMILES string of the molecule is NC(CC(=O)NCCS(=O)(=O)NCC1CCCCO1)c1ccccc1. The Labute approximate surface area is 149 Å². The first-order chi connectivity index (χ1) is 12.0. The highest BCUT2D eigenvalue weighted by Crippen LogP contribution is 2.13. The monoisotopic (exact) mass is 369 g/mol. The zero-order valence-corrected chi connectivity index (χ0v) is 15.1. The van der Waals surface area contributed by atoms with Crippen molar-refractivity contribution in [3.05, 3.63) is 35.9 Å². The van der Waals surface area contributed by atoms with Crippen molar-refractivity contribution in [2.24, 2.45) is 5.73 Å². The van der Waals surface area contributed by atoms with Crippen molar-refractivity contribution < 1.29 is 17.9 Å². The van der Waals surface area contributed by atoms with E-state index in [1.807, 2.05) is 30.3 Å². The van der Waals surface area contributed by atoms with Gasteiger partial charge >= 0.3 is 0 Å². The molecule has 2 atom stereocenters. The van der Waals surface area contributed by atoms with Gasteiger partial charge in [0.2, 0.25) is 15.9 Å². The number of rotatable bonds is 9. The summed E-state index contributed by atoms with van der Waals surface area (Å²) >= 11 is 0. The van der Waals surface area contributed by atoms with Gasteiger partial charge in [-0.25, -0.2) is 13.1 Å². The van der Waals surface area contributed by atoms with E-state index >= 15 is 0 Å². The summed E-state index contributed by atoms with van der Waals surface area (Å²) in [6.07, 6.45) is 3.02. The first-order valence-electron chi connectivity index (χ1n) is 8.62. The first kappa shape index (κ1) is 19.8. The van der Waals surface area contributed by atoms with Crippen LogP contribution in [0.2, 0.25) is 0 Å². The van der Waals surface area contributed by atoms with Gasteiger partial charge in [-0.1, -0.05) is 30.3 Å². The van der Waals surface area contributed by atoms with E-state index in [4.69, 9.17) is 10.5 Å². The highest BCUT2D eigenvalue weighted by atomic mass is 32.2. The predicted octanol–water partition coefficient (Wildman–Crippen LogP) is 0.681. The van der Waals surface area contributed by atoms with Gasteiger partial charge in [-0.15, -0.1) is 0 Å². The molecule has 7 nitrogen and oxygen atoms in total. The van der Waals surface area contributed by atoms with E-state index in [1.165, 1.54) is 0 Å². The summed E-state index contributed by atoms with van der Waals surface area (Å²) in [6.45, 7) is 1.03. The first-order valence-corrected chi connectivity index (χ1v) is 10.3. The lowest BCUT2D eigenvalue weighted by molar-refractivity contribution is -0.121. The van der Waals surface area contributed by atoms with Crippen LogP contribution in [-0.2, 0) is 19.6 Å². The zero-order valence-electron chi connectivity index (χ0n) is 14.3. The summed E-state index contributed by atoms with van der Waals surface area (Å²) < 4.78 is 31.9. The minimum atomic E-state index is -3.43. The van der Waals surface area contributed by atoms with Crippen molar-refractivity contribution in [2.75, 3.05) is 25.4 Å². The van der Waals surface area contributed by atoms with Gasteiger partial charge < -0.3 is 15.8 Å². The molecule has 4 N–H and O–H groups in total. The maximum Gasteiger partial charge on any atom is 0.221 e. The lowest BCUT2D eigenvalue weighted by Gasteiger charge is -2.22. The second-order valence-corrected chi connectivity index (χ2v) is 8.15. The molecule has 0 spiro atoms. The van der Waals surface area contributed by atoms with Gasteiger partial charge in [0.1, 0.15) is 0 Å². The summed E-state index contributed by atoms with van der Waals surface area (Å²) in [6, 6.07) is 8.92. The van der Waals surface area contributed by atoms with Crippen LogP contribution in [0.25, 0.3) is 0 Å². The topological polar surface area (TPSA) is 111 Å². The third-order valence-corrected chi connectivity index (χ3v) is 5.48. The Hall–Kier alpha value is -1.48. The number of ether oxygens (including phenoxy) is 1. The van der Waals surface area contributed by atoms with Gasteiger partial charge in [0, 0.05) is 32.2 Å². The lowest BCUT2D eigenvalue weighted by atomic mass is 10.0. The standard InChI is InChI=1S/C17H27N3O4S/c18-16(14-6-2-1-3-7-14)12-17(21)19-9-11-25(22,23)20-13-15-8-4-5-10-24-15/h1-3,6-7,15-16,20H,4-5,8-13,18H2,(H,19,21). The molecule has 1 aromatic carbocycles. The minimum absolute atomic E-state index is 0.0537. The molecule has 1 amide bonds. The van der Waals surface area contributed by atoms with E-state index in [0.717, 1.165) is 24.8 Å². The number of nitrogens with two attached hydrogens (primary N) is 1. The van der Waals surface area contributed by atoms with Gasteiger partial charge in [-0.2, -0.15) is 0 Å².